The second-order valence-corrected chi connectivity index (χ2v) is 4.99. The summed E-state index contributed by atoms with van der Waals surface area (Å²) in [7, 11) is 3.78. The number of aryl methyl sites for hydroxylation is 1. The first-order chi connectivity index (χ1) is 9.65. The van der Waals surface area contributed by atoms with Crippen LogP contribution >= 0.6 is 0 Å². The first-order valence-corrected chi connectivity index (χ1v) is 6.78. The van der Waals surface area contributed by atoms with Crippen molar-refractivity contribution in [3.05, 3.63) is 59.2 Å². The highest BCUT2D eigenvalue weighted by Gasteiger charge is 2.09. The third-order valence-corrected chi connectivity index (χ3v) is 3.55. The number of hydrogen-bond donors (Lipinski definition) is 1. The molecule has 0 heterocycles. The van der Waals surface area contributed by atoms with Gasteiger partial charge in [0, 0.05) is 20.1 Å². The van der Waals surface area contributed by atoms with Gasteiger partial charge in [-0.05, 0) is 35.7 Å². The normalized spacial score (nSPS) is 10.4. The van der Waals surface area contributed by atoms with Crippen LogP contribution in [0.5, 0.6) is 5.75 Å². The SMILES string of the molecule is COc1ccccc1N(C)Cc1ccc(CN)cc1C. The Labute approximate surface area is 121 Å². The Morgan fingerprint density at radius 1 is 1.15 bits per heavy atom. The number of nitrogens with zero attached hydrogens (tertiary/aromatic N) is 1. The van der Waals surface area contributed by atoms with Gasteiger partial charge >= 0.3 is 0 Å². The van der Waals surface area contributed by atoms with Crippen LogP contribution < -0.4 is 15.4 Å². The lowest BCUT2D eigenvalue weighted by molar-refractivity contribution is 0.415. The minimum atomic E-state index is 0.587. The molecule has 0 bridgehead atoms. The van der Waals surface area contributed by atoms with E-state index < -0.39 is 0 Å². The molecule has 20 heavy (non-hydrogen) atoms. The second-order valence-electron chi connectivity index (χ2n) is 4.99. The fraction of sp³-hybridized carbons (Fsp3) is 0.294. The molecule has 0 saturated carbocycles. The number of benzene rings is 2. The van der Waals surface area contributed by atoms with E-state index in [2.05, 4.69) is 43.1 Å². The zero-order valence-electron chi connectivity index (χ0n) is 12.4. The molecule has 0 atom stereocenters. The maximum atomic E-state index is 5.67. The van der Waals surface area contributed by atoms with Crippen molar-refractivity contribution < 1.29 is 4.74 Å². The lowest BCUT2D eigenvalue weighted by Gasteiger charge is -2.22. The van der Waals surface area contributed by atoms with Crippen molar-refractivity contribution in [2.24, 2.45) is 5.73 Å². The molecule has 2 aromatic carbocycles. The zero-order chi connectivity index (χ0) is 14.5. The van der Waals surface area contributed by atoms with Crippen molar-refractivity contribution >= 4 is 5.69 Å². The Bertz CT molecular complexity index is 581. The molecule has 2 N–H and O–H groups in total. The lowest BCUT2D eigenvalue weighted by atomic mass is 10.0. The van der Waals surface area contributed by atoms with Crippen LogP contribution in [0.2, 0.25) is 0 Å². The van der Waals surface area contributed by atoms with Gasteiger partial charge in [0.2, 0.25) is 0 Å². The predicted molar refractivity (Wildman–Crippen MR) is 84.2 cm³/mol. The summed E-state index contributed by atoms with van der Waals surface area (Å²) in [5.41, 5.74) is 10.5. The number of ether oxygens (including phenoxy) is 1. The van der Waals surface area contributed by atoms with Gasteiger partial charge in [-0.1, -0.05) is 30.3 Å². The van der Waals surface area contributed by atoms with E-state index in [0.29, 0.717) is 6.54 Å². The van der Waals surface area contributed by atoms with E-state index in [1.807, 2.05) is 18.2 Å². The fourth-order valence-corrected chi connectivity index (χ4v) is 2.35. The zero-order valence-corrected chi connectivity index (χ0v) is 12.4. The Kier molecular flexibility index (Phi) is 4.64. The first kappa shape index (κ1) is 14.4. The molecule has 0 amide bonds. The van der Waals surface area contributed by atoms with Crippen LogP contribution in [0, 0.1) is 6.92 Å². The van der Waals surface area contributed by atoms with Crippen molar-refractivity contribution in [1.29, 1.82) is 0 Å². The van der Waals surface area contributed by atoms with Gasteiger partial charge in [-0.15, -0.1) is 0 Å². The summed E-state index contributed by atoms with van der Waals surface area (Å²) in [4.78, 5) is 2.20. The molecule has 2 rings (SSSR count). The summed E-state index contributed by atoms with van der Waals surface area (Å²) in [5, 5.41) is 0. The molecule has 0 fully saturated rings. The van der Waals surface area contributed by atoms with E-state index >= 15 is 0 Å². The topological polar surface area (TPSA) is 38.5 Å². The van der Waals surface area contributed by atoms with Crippen LogP contribution in [0.1, 0.15) is 16.7 Å². The van der Waals surface area contributed by atoms with E-state index in [4.69, 9.17) is 10.5 Å². The summed E-state index contributed by atoms with van der Waals surface area (Å²) in [6.45, 7) is 3.56. The Morgan fingerprint density at radius 3 is 2.55 bits per heavy atom. The van der Waals surface area contributed by atoms with Gasteiger partial charge in [0.25, 0.3) is 0 Å². The van der Waals surface area contributed by atoms with Crippen molar-refractivity contribution in [2.75, 3.05) is 19.1 Å². The van der Waals surface area contributed by atoms with Crippen LogP contribution in [0.25, 0.3) is 0 Å². The Balaban J connectivity index is 2.21. The van der Waals surface area contributed by atoms with Crippen LogP contribution in [-0.4, -0.2) is 14.2 Å². The molecule has 3 heteroatoms. The first-order valence-electron chi connectivity index (χ1n) is 6.78. The van der Waals surface area contributed by atoms with Crippen molar-refractivity contribution in [2.45, 2.75) is 20.0 Å². The lowest BCUT2D eigenvalue weighted by Crippen LogP contribution is -2.18. The average molecular weight is 270 g/mol. The molecular weight excluding hydrogens is 248 g/mol. The van der Waals surface area contributed by atoms with Crippen LogP contribution in [0.4, 0.5) is 5.69 Å². The smallest absolute Gasteiger partial charge is 0.142 e. The molecule has 0 aliphatic carbocycles. The number of methoxy groups -OCH3 is 1. The van der Waals surface area contributed by atoms with Gasteiger partial charge in [0.05, 0.1) is 12.8 Å². The maximum absolute atomic E-state index is 5.67. The Hall–Kier alpha value is -2.00. The number of anilines is 1. The van der Waals surface area contributed by atoms with Crippen molar-refractivity contribution in [3.8, 4) is 5.75 Å². The van der Waals surface area contributed by atoms with Gasteiger partial charge in [-0.25, -0.2) is 0 Å². The summed E-state index contributed by atoms with van der Waals surface area (Å²) in [6, 6.07) is 14.5. The van der Waals surface area contributed by atoms with Gasteiger partial charge in [-0.2, -0.15) is 0 Å². The largest absolute Gasteiger partial charge is 0.495 e. The van der Waals surface area contributed by atoms with Crippen LogP contribution in [0.3, 0.4) is 0 Å². The van der Waals surface area contributed by atoms with Crippen molar-refractivity contribution in [3.63, 3.8) is 0 Å². The summed E-state index contributed by atoms with van der Waals surface area (Å²) >= 11 is 0. The highest BCUT2D eigenvalue weighted by Crippen LogP contribution is 2.28. The van der Waals surface area contributed by atoms with E-state index in [1.165, 1.54) is 16.7 Å². The highest BCUT2D eigenvalue weighted by molar-refractivity contribution is 5.58. The minimum Gasteiger partial charge on any atom is -0.495 e. The van der Waals surface area contributed by atoms with Gasteiger partial charge < -0.3 is 15.4 Å². The van der Waals surface area contributed by atoms with E-state index in [0.717, 1.165) is 18.0 Å². The van der Waals surface area contributed by atoms with Gasteiger partial charge in [0.15, 0.2) is 0 Å². The molecule has 0 aliphatic rings. The summed E-state index contributed by atoms with van der Waals surface area (Å²) in [5.74, 6) is 0.895. The molecule has 0 radical (unpaired) electrons. The molecule has 2 aromatic rings. The second kappa shape index (κ2) is 6.44. The number of hydrogen-bond acceptors (Lipinski definition) is 3. The van der Waals surface area contributed by atoms with E-state index in [-0.39, 0.29) is 0 Å². The third kappa shape index (κ3) is 3.11. The predicted octanol–water partition coefficient (Wildman–Crippen LogP) is 3.10. The number of nitrogens with two attached hydrogens (primary N) is 1. The minimum absolute atomic E-state index is 0.587. The number of para-hydroxylation sites is 2. The molecule has 0 unspecified atom stereocenters. The van der Waals surface area contributed by atoms with Crippen LogP contribution in [0.15, 0.2) is 42.5 Å². The molecule has 3 nitrogen and oxygen atoms in total. The van der Waals surface area contributed by atoms with E-state index in [9.17, 15) is 0 Å². The molecule has 0 aliphatic heterocycles. The number of rotatable bonds is 5. The maximum Gasteiger partial charge on any atom is 0.142 e. The fourth-order valence-electron chi connectivity index (χ4n) is 2.35. The molecule has 106 valence electrons. The van der Waals surface area contributed by atoms with E-state index in [1.54, 1.807) is 7.11 Å². The van der Waals surface area contributed by atoms with Crippen molar-refractivity contribution in [1.82, 2.24) is 0 Å². The summed E-state index contributed by atoms with van der Waals surface area (Å²) < 4.78 is 5.41. The summed E-state index contributed by atoms with van der Waals surface area (Å²) in [6.07, 6.45) is 0. The monoisotopic (exact) mass is 270 g/mol. The van der Waals surface area contributed by atoms with Crippen LogP contribution in [-0.2, 0) is 13.1 Å². The standard InChI is InChI=1S/C17H22N2O/c1-13-10-14(11-18)8-9-15(13)12-19(2)16-6-4-5-7-17(16)20-3/h4-10H,11-12,18H2,1-3H3. The highest BCUT2D eigenvalue weighted by atomic mass is 16.5. The molecule has 0 aromatic heterocycles. The quantitative estimate of drug-likeness (QED) is 0.907. The van der Waals surface area contributed by atoms with Gasteiger partial charge in [-0.3, -0.25) is 0 Å². The molecular formula is C17H22N2O. The van der Waals surface area contributed by atoms with Gasteiger partial charge in [0.1, 0.15) is 5.75 Å². The average Bonchev–Trinajstić information content (AvgIpc) is 2.49. The Morgan fingerprint density at radius 2 is 1.90 bits per heavy atom. The molecule has 0 spiro atoms. The third-order valence-electron chi connectivity index (χ3n) is 3.55. The molecule has 0 saturated heterocycles.